The SMILES string of the molecule is CCN(CC)c1ccc(/N=C2/C(C(=O)C#CO)=Nn3c2nc(-c2ccccn2)c3C)c(C)c1. The number of fused-ring (bicyclic) bond motifs is 1. The zero-order chi connectivity index (χ0) is 23.5. The molecule has 0 spiro atoms. The molecule has 8 nitrogen and oxygen atoms in total. The predicted octanol–water partition coefficient (Wildman–Crippen LogP) is 3.65. The number of rotatable bonds is 6. The molecule has 4 rings (SSSR count). The summed E-state index contributed by atoms with van der Waals surface area (Å²) in [6, 6.07) is 11.6. The second-order valence-electron chi connectivity index (χ2n) is 7.51. The largest absolute Gasteiger partial charge is 0.462 e. The Balaban J connectivity index is 1.85. The van der Waals surface area contributed by atoms with Crippen LogP contribution < -0.4 is 4.90 Å². The number of benzene rings is 1. The molecule has 8 heteroatoms. The van der Waals surface area contributed by atoms with Crippen LogP contribution in [-0.2, 0) is 4.79 Å². The van der Waals surface area contributed by atoms with Crippen LogP contribution in [0.2, 0.25) is 0 Å². The topological polar surface area (TPSA) is 96.0 Å². The van der Waals surface area contributed by atoms with Gasteiger partial charge in [0.05, 0.1) is 17.1 Å². The zero-order valence-electron chi connectivity index (χ0n) is 19.0. The molecule has 1 aliphatic heterocycles. The third-order valence-electron chi connectivity index (χ3n) is 5.55. The van der Waals surface area contributed by atoms with Crippen LogP contribution in [0.3, 0.4) is 0 Å². The number of nitrogens with zero attached hydrogens (tertiary/aromatic N) is 6. The van der Waals surface area contributed by atoms with E-state index in [-0.39, 0.29) is 5.71 Å². The first-order valence-corrected chi connectivity index (χ1v) is 10.7. The lowest BCUT2D eigenvalue weighted by molar-refractivity contribution is -0.108. The van der Waals surface area contributed by atoms with E-state index in [2.05, 4.69) is 40.8 Å². The summed E-state index contributed by atoms with van der Waals surface area (Å²) in [7, 11) is 0. The summed E-state index contributed by atoms with van der Waals surface area (Å²) in [6.07, 6.45) is 3.36. The summed E-state index contributed by atoms with van der Waals surface area (Å²) in [6.45, 7) is 9.87. The van der Waals surface area contributed by atoms with E-state index >= 15 is 0 Å². The van der Waals surface area contributed by atoms with Gasteiger partial charge < -0.3 is 10.0 Å². The standard InChI is InChI=1S/C25H24N6O2/c1-5-30(6-2)18-10-11-19(16(3)15-18)27-24-23(21(33)12-14-32)29-31-17(4)22(28-25(24)31)20-9-7-8-13-26-20/h7-11,13,15,32H,5-6H2,1-4H3/b27-24-. The molecule has 3 heterocycles. The van der Waals surface area contributed by atoms with Crippen molar-refractivity contribution in [2.75, 3.05) is 18.0 Å². The molecule has 2 aromatic heterocycles. The number of aliphatic hydroxyl groups excluding tert-OH is 1. The summed E-state index contributed by atoms with van der Waals surface area (Å²) < 4.78 is 1.58. The summed E-state index contributed by atoms with van der Waals surface area (Å²) in [4.78, 5) is 28.7. The van der Waals surface area contributed by atoms with Crippen LogP contribution in [-0.4, -0.2) is 50.0 Å². The number of aromatic nitrogens is 3. The molecule has 1 N–H and O–H groups in total. The number of hydrogen-bond donors (Lipinski definition) is 1. The number of Topliss-reactive ketones (excluding diaryl/α,β-unsaturated/α-hetero) is 1. The van der Waals surface area contributed by atoms with Crippen molar-refractivity contribution in [1.29, 1.82) is 0 Å². The molecule has 0 radical (unpaired) electrons. The van der Waals surface area contributed by atoms with Crippen molar-refractivity contribution in [2.45, 2.75) is 27.7 Å². The lowest BCUT2D eigenvalue weighted by Gasteiger charge is -2.21. The van der Waals surface area contributed by atoms with Crippen molar-refractivity contribution in [2.24, 2.45) is 10.1 Å². The smallest absolute Gasteiger partial charge is 0.261 e. The Labute approximate surface area is 192 Å². The van der Waals surface area contributed by atoms with Crippen LogP contribution in [0, 0.1) is 25.9 Å². The van der Waals surface area contributed by atoms with Crippen LogP contribution in [0.5, 0.6) is 0 Å². The van der Waals surface area contributed by atoms with Gasteiger partial charge in [-0.2, -0.15) is 5.10 Å². The molecule has 0 amide bonds. The van der Waals surface area contributed by atoms with E-state index in [1.54, 1.807) is 17.0 Å². The molecular formula is C25H24N6O2. The van der Waals surface area contributed by atoms with E-state index in [4.69, 9.17) is 15.1 Å². The Morgan fingerprint density at radius 1 is 1.18 bits per heavy atom. The molecular weight excluding hydrogens is 416 g/mol. The van der Waals surface area contributed by atoms with Gasteiger partial charge in [0.1, 0.15) is 17.5 Å². The lowest BCUT2D eigenvalue weighted by Crippen LogP contribution is -2.22. The number of anilines is 1. The van der Waals surface area contributed by atoms with Gasteiger partial charge in [-0.15, -0.1) is 0 Å². The van der Waals surface area contributed by atoms with Crippen molar-refractivity contribution in [1.82, 2.24) is 14.6 Å². The Morgan fingerprint density at radius 2 is 1.97 bits per heavy atom. The summed E-state index contributed by atoms with van der Waals surface area (Å²) in [5.41, 5.74) is 5.22. The minimum absolute atomic E-state index is 0.0435. The maximum absolute atomic E-state index is 12.6. The number of pyridine rings is 1. The summed E-state index contributed by atoms with van der Waals surface area (Å²) in [5.74, 6) is 1.95. The van der Waals surface area contributed by atoms with E-state index in [0.29, 0.717) is 28.6 Å². The number of ketones is 1. The van der Waals surface area contributed by atoms with Gasteiger partial charge in [0, 0.05) is 30.9 Å². The Kier molecular flexibility index (Phi) is 6.05. The molecule has 0 saturated heterocycles. The van der Waals surface area contributed by atoms with E-state index in [0.717, 1.165) is 30.0 Å². The Hall–Kier alpha value is -4.25. The highest BCUT2D eigenvalue weighted by atomic mass is 16.2. The number of hydrogen-bond acceptors (Lipinski definition) is 7. The second kappa shape index (κ2) is 9.09. The van der Waals surface area contributed by atoms with Crippen molar-refractivity contribution < 1.29 is 9.90 Å². The predicted molar refractivity (Wildman–Crippen MR) is 129 cm³/mol. The van der Waals surface area contributed by atoms with E-state index in [1.807, 2.05) is 44.2 Å². The number of aliphatic imine (C=N–C) groups is 1. The van der Waals surface area contributed by atoms with Gasteiger partial charge in [0.2, 0.25) is 0 Å². The third kappa shape index (κ3) is 4.01. The van der Waals surface area contributed by atoms with Gasteiger partial charge in [-0.3, -0.25) is 9.78 Å². The molecule has 3 aromatic rings. The molecule has 0 saturated carbocycles. The first kappa shape index (κ1) is 22.0. The van der Waals surface area contributed by atoms with Crippen molar-refractivity contribution >= 4 is 28.6 Å². The van der Waals surface area contributed by atoms with Gasteiger partial charge in [0.25, 0.3) is 5.78 Å². The number of carbonyl (C=O) groups excluding carboxylic acids is 1. The number of carbonyl (C=O) groups is 1. The molecule has 0 atom stereocenters. The van der Waals surface area contributed by atoms with Crippen LogP contribution in [0.1, 0.15) is 30.9 Å². The highest BCUT2D eigenvalue weighted by Crippen LogP contribution is 2.29. The molecule has 0 bridgehead atoms. The van der Waals surface area contributed by atoms with E-state index in [9.17, 15) is 4.79 Å². The molecule has 166 valence electrons. The van der Waals surface area contributed by atoms with Crippen molar-refractivity contribution in [3.63, 3.8) is 0 Å². The van der Waals surface area contributed by atoms with E-state index < -0.39 is 5.78 Å². The minimum atomic E-state index is -0.627. The summed E-state index contributed by atoms with van der Waals surface area (Å²) in [5, 5.41) is 13.4. The minimum Gasteiger partial charge on any atom is -0.462 e. The molecule has 1 aliphatic rings. The molecule has 0 unspecified atom stereocenters. The van der Waals surface area contributed by atoms with Gasteiger partial charge in [0.15, 0.2) is 11.5 Å². The molecule has 0 aliphatic carbocycles. The van der Waals surface area contributed by atoms with Gasteiger partial charge in [-0.05, 0) is 63.6 Å². The van der Waals surface area contributed by atoms with Crippen LogP contribution >= 0.6 is 0 Å². The van der Waals surface area contributed by atoms with Gasteiger partial charge in [-0.1, -0.05) is 6.07 Å². The first-order chi connectivity index (χ1) is 16.0. The second-order valence-corrected chi connectivity index (χ2v) is 7.51. The quantitative estimate of drug-likeness (QED) is 0.590. The summed E-state index contributed by atoms with van der Waals surface area (Å²) >= 11 is 0. The number of imidazole rings is 1. The monoisotopic (exact) mass is 440 g/mol. The molecule has 33 heavy (non-hydrogen) atoms. The molecule has 0 fully saturated rings. The van der Waals surface area contributed by atoms with Crippen LogP contribution in [0.15, 0.2) is 52.7 Å². The fourth-order valence-corrected chi connectivity index (χ4v) is 3.80. The maximum Gasteiger partial charge on any atom is 0.261 e. The average molecular weight is 441 g/mol. The van der Waals surface area contributed by atoms with Crippen molar-refractivity contribution in [3.8, 4) is 23.4 Å². The fraction of sp³-hybridized carbons (Fsp3) is 0.240. The van der Waals surface area contributed by atoms with Crippen LogP contribution in [0.4, 0.5) is 11.4 Å². The fourth-order valence-electron chi connectivity index (χ4n) is 3.80. The average Bonchev–Trinajstić information content (AvgIpc) is 3.34. The highest BCUT2D eigenvalue weighted by molar-refractivity contribution is 6.73. The van der Waals surface area contributed by atoms with E-state index in [1.165, 1.54) is 0 Å². The highest BCUT2D eigenvalue weighted by Gasteiger charge is 2.32. The Bertz CT molecular complexity index is 1340. The normalized spacial score (nSPS) is 13.3. The number of aliphatic hydroxyl groups is 1. The zero-order valence-corrected chi connectivity index (χ0v) is 19.0. The van der Waals surface area contributed by atoms with Crippen molar-refractivity contribution in [3.05, 3.63) is 59.7 Å². The van der Waals surface area contributed by atoms with Crippen LogP contribution in [0.25, 0.3) is 11.4 Å². The van der Waals surface area contributed by atoms with Gasteiger partial charge in [-0.25, -0.2) is 14.7 Å². The molecule has 1 aromatic carbocycles. The Morgan fingerprint density at radius 3 is 2.61 bits per heavy atom. The number of aryl methyl sites for hydroxylation is 1. The van der Waals surface area contributed by atoms with Gasteiger partial charge >= 0.3 is 0 Å². The lowest BCUT2D eigenvalue weighted by atomic mass is 10.1. The first-order valence-electron chi connectivity index (χ1n) is 10.7. The third-order valence-corrected chi connectivity index (χ3v) is 5.55. The maximum atomic E-state index is 12.6.